The molecular formula is C16H25N5O3S. The highest BCUT2D eigenvalue weighted by Crippen LogP contribution is 2.23. The fourth-order valence-electron chi connectivity index (χ4n) is 3.49. The lowest BCUT2D eigenvalue weighted by Crippen LogP contribution is -2.48. The second kappa shape index (κ2) is 7.15. The maximum absolute atomic E-state index is 11.8. The Bertz CT molecular complexity index is 731. The van der Waals surface area contributed by atoms with Crippen LogP contribution < -0.4 is 9.80 Å². The van der Waals surface area contributed by atoms with Crippen LogP contribution >= 0.6 is 0 Å². The van der Waals surface area contributed by atoms with E-state index in [9.17, 15) is 13.2 Å². The lowest BCUT2D eigenvalue weighted by molar-refractivity contribution is -0.129. The quantitative estimate of drug-likeness (QED) is 0.749. The van der Waals surface area contributed by atoms with Crippen molar-refractivity contribution < 1.29 is 13.2 Å². The number of rotatable bonds is 4. The van der Waals surface area contributed by atoms with Crippen molar-refractivity contribution in [2.75, 3.05) is 54.0 Å². The van der Waals surface area contributed by atoms with Gasteiger partial charge in [0, 0.05) is 51.9 Å². The fourth-order valence-corrected chi connectivity index (χ4v) is 5.22. The third kappa shape index (κ3) is 4.02. The van der Waals surface area contributed by atoms with Gasteiger partial charge < -0.3 is 14.7 Å². The molecule has 0 spiro atoms. The van der Waals surface area contributed by atoms with Crippen molar-refractivity contribution in [1.82, 2.24) is 14.9 Å². The Labute approximate surface area is 148 Å². The van der Waals surface area contributed by atoms with Gasteiger partial charge in [-0.2, -0.15) is 4.98 Å². The molecule has 1 aromatic rings. The molecule has 8 nitrogen and oxygen atoms in total. The summed E-state index contributed by atoms with van der Waals surface area (Å²) in [5, 5.41) is 0. The third-order valence-corrected chi connectivity index (χ3v) is 6.67. The van der Waals surface area contributed by atoms with Gasteiger partial charge in [0.2, 0.25) is 11.9 Å². The Kier molecular flexibility index (Phi) is 5.12. The van der Waals surface area contributed by atoms with Gasteiger partial charge in [-0.1, -0.05) is 0 Å². The van der Waals surface area contributed by atoms with Crippen LogP contribution in [0, 0.1) is 0 Å². The molecule has 2 fully saturated rings. The molecule has 0 aliphatic carbocycles. The summed E-state index contributed by atoms with van der Waals surface area (Å²) >= 11 is 0. The summed E-state index contributed by atoms with van der Waals surface area (Å²) < 4.78 is 23.6. The van der Waals surface area contributed by atoms with Gasteiger partial charge in [0.25, 0.3) is 0 Å². The SMILES string of the molecule is CCN(c1nccc(N2CCN(C(C)=O)CC2)n1)C1CCS(=O)(=O)C1. The lowest BCUT2D eigenvalue weighted by atomic mass is 10.2. The van der Waals surface area contributed by atoms with E-state index in [-0.39, 0.29) is 23.5 Å². The van der Waals surface area contributed by atoms with Gasteiger partial charge in [-0.15, -0.1) is 0 Å². The number of amides is 1. The molecule has 0 N–H and O–H groups in total. The van der Waals surface area contributed by atoms with E-state index in [2.05, 4.69) is 14.9 Å². The summed E-state index contributed by atoms with van der Waals surface area (Å²) in [6.07, 6.45) is 2.35. The molecule has 2 aliphatic rings. The minimum atomic E-state index is -2.95. The number of nitrogens with zero attached hydrogens (tertiary/aromatic N) is 5. The van der Waals surface area contributed by atoms with E-state index in [4.69, 9.17) is 0 Å². The van der Waals surface area contributed by atoms with Crippen molar-refractivity contribution in [2.45, 2.75) is 26.3 Å². The van der Waals surface area contributed by atoms with Gasteiger partial charge in [-0.3, -0.25) is 4.79 Å². The van der Waals surface area contributed by atoms with Crippen LogP contribution in [0.5, 0.6) is 0 Å². The summed E-state index contributed by atoms with van der Waals surface area (Å²) in [5.41, 5.74) is 0. The average Bonchev–Trinajstić information content (AvgIpc) is 2.95. The highest BCUT2D eigenvalue weighted by Gasteiger charge is 2.33. The Morgan fingerprint density at radius 1 is 1.32 bits per heavy atom. The molecule has 0 bridgehead atoms. The van der Waals surface area contributed by atoms with E-state index in [0.717, 1.165) is 18.9 Å². The van der Waals surface area contributed by atoms with Crippen LogP contribution in [0.3, 0.4) is 0 Å². The van der Waals surface area contributed by atoms with Crippen LogP contribution in [-0.2, 0) is 14.6 Å². The molecule has 0 saturated carbocycles. The molecule has 1 aromatic heterocycles. The molecule has 2 saturated heterocycles. The minimum Gasteiger partial charge on any atom is -0.353 e. The highest BCUT2D eigenvalue weighted by atomic mass is 32.2. The Morgan fingerprint density at radius 2 is 2.04 bits per heavy atom. The van der Waals surface area contributed by atoms with E-state index in [1.807, 2.05) is 22.8 Å². The Morgan fingerprint density at radius 3 is 2.60 bits per heavy atom. The maximum Gasteiger partial charge on any atom is 0.227 e. The third-order valence-electron chi connectivity index (χ3n) is 4.92. The van der Waals surface area contributed by atoms with Crippen LogP contribution in [0.4, 0.5) is 11.8 Å². The monoisotopic (exact) mass is 367 g/mol. The maximum atomic E-state index is 11.8. The molecule has 3 rings (SSSR count). The predicted molar refractivity (Wildman–Crippen MR) is 96.6 cm³/mol. The zero-order valence-electron chi connectivity index (χ0n) is 14.8. The molecule has 0 aromatic carbocycles. The number of aromatic nitrogens is 2. The van der Waals surface area contributed by atoms with Crippen LogP contribution in [-0.4, -0.2) is 79.5 Å². The summed E-state index contributed by atoms with van der Waals surface area (Å²) in [5.74, 6) is 1.92. The van der Waals surface area contributed by atoms with Gasteiger partial charge in [0.1, 0.15) is 5.82 Å². The van der Waals surface area contributed by atoms with E-state index < -0.39 is 9.84 Å². The Balaban J connectivity index is 1.74. The van der Waals surface area contributed by atoms with Crippen molar-refractivity contribution in [3.05, 3.63) is 12.3 Å². The molecule has 1 unspecified atom stereocenters. The molecular weight excluding hydrogens is 342 g/mol. The molecule has 3 heterocycles. The second-order valence-electron chi connectivity index (χ2n) is 6.55. The molecule has 2 aliphatic heterocycles. The number of hydrogen-bond donors (Lipinski definition) is 0. The van der Waals surface area contributed by atoms with Gasteiger partial charge in [-0.25, -0.2) is 13.4 Å². The second-order valence-corrected chi connectivity index (χ2v) is 8.78. The zero-order chi connectivity index (χ0) is 18.0. The summed E-state index contributed by atoms with van der Waals surface area (Å²) in [6, 6.07) is 1.81. The number of carbonyl (C=O) groups excluding carboxylic acids is 1. The molecule has 0 radical (unpaired) electrons. The molecule has 1 amide bonds. The highest BCUT2D eigenvalue weighted by molar-refractivity contribution is 7.91. The van der Waals surface area contributed by atoms with Crippen LogP contribution in [0.15, 0.2) is 12.3 Å². The smallest absolute Gasteiger partial charge is 0.227 e. The van der Waals surface area contributed by atoms with Crippen molar-refractivity contribution in [3.63, 3.8) is 0 Å². The molecule has 1 atom stereocenters. The lowest BCUT2D eigenvalue weighted by Gasteiger charge is -2.35. The van der Waals surface area contributed by atoms with Crippen LogP contribution in [0.1, 0.15) is 20.3 Å². The fraction of sp³-hybridized carbons (Fsp3) is 0.688. The first-order valence-electron chi connectivity index (χ1n) is 8.70. The number of hydrogen-bond acceptors (Lipinski definition) is 7. The number of carbonyl (C=O) groups is 1. The average molecular weight is 367 g/mol. The van der Waals surface area contributed by atoms with Crippen molar-refractivity contribution in [2.24, 2.45) is 0 Å². The standard InChI is InChI=1S/C16H25N5O3S/c1-3-21(14-5-11-25(23,24)12-14)16-17-6-4-15(18-16)20-9-7-19(8-10-20)13(2)22/h4,6,14H,3,5,7-12H2,1-2H3. The summed E-state index contributed by atoms with van der Waals surface area (Å²) in [6.45, 7) is 7.10. The van der Waals surface area contributed by atoms with E-state index in [0.29, 0.717) is 32.0 Å². The molecule has 9 heteroatoms. The molecule has 25 heavy (non-hydrogen) atoms. The Hall–Kier alpha value is -1.90. The summed E-state index contributed by atoms with van der Waals surface area (Å²) in [7, 11) is -2.95. The largest absolute Gasteiger partial charge is 0.353 e. The summed E-state index contributed by atoms with van der Waals surface area (Å²) in [4.78, 5) is 26.5. The van der Waals surface area contributed by atoms with E-state index >= 15 is 0 Å². The van der Waals surface area contributed by atoms with Crippen LogP contribution in [0.2, 0.25) is 0 Å². The van der Waals surface area contributed by atoms with Crippen molar-refractivity contribution in [3.8, 4) is 0 Å². The van der Waals surface area contributed by atoms with Crippen molar-refractivity contribution >= 4 is 27.5 Å². The number of anilines is 2. The first-order chi connectivity index (χ1) is 11.9. The van der Waals surface area contributed by atoms with Crippen molar-refractivity contribution in [1.29, 1.82) is 0 Å². The minimum absolute atomic E-state index is 0.0557. The van der Waals surface area contributed by atoms with Crippen LogP contribution in [0.25, 0.3) is 0 Å². The predicted octanol–water partition coefficient (Wildman–Crippen LogP) is 0.159. The van der Waals surface area contributed by atoms with Gasteiger partial charge in [-0.05, 0) is 19.4 Å². The normalized spacial score (nSPS) is 22.9. The van der Waals surface area contributed by atoms with Gasteiger partial charge in [0.05, 0.1) is 11.5 Å². The van der Waals surface area contributed by atoms with E-state index in [1.54, 1.807) is 13.1 Å². The zero-order valence-corrected chi connectivity index (χ0v) is 15.6. The first-order valence-corrected chi connectivity index (χ1v) is 10.5. The first kappa shape index (κ1) is 17.9. The molecule has 138 valence electrons. The van der Waals surface area contributed by atoms with E-state index in [1.165, 1.54) is 0 Å². The number of sulfone groups is 1. The number of piperazine rings is 1. The van der Waals surface area contributed by atoms with Gasteiger partial charge >= 0.3 is 0 Å². The topological polar surface area (TPSA) is 86.7 Å². The van der Waals surface area contributed by atoms with Gasteiger partial charge in [0.15, 0.2) is 9.84 Å².